The summed E-state index contributed by atoms with van der Waals surface area (Å²) in [4.78, 5) is 29.7. The first kappa shape index (κ1) is 23.5. The minimum atomic E-state index is -0.504. The number of rotatable bonds is 5. The second-order valence-corrected chi connectivity index (χ2v) is 9.60. The van der Waals surface area contributed by atoms with Gasteiger partial charge in [0.15, 0.2) is 0 Å². The Kier molecular flexibility index (Phi) is 6.13. The number of aromatic nitrogens is 1. The molecule has 9 heteroatoms. The first-order valence-electron chi connectivity index (χ1n) is 10.9. The maximum atomic E-state index is 13.3. The number of hydrogen-bond donors (Lipinski definition) is 2. The number of pyridine rings is 1. The minimum Gasteiger partial charge on any atom is -0.397 e. The number of nitro groups is 1. The van der Waals surface area contributed by atoms with E-state index in [4.69, 9.17) is 22.3 Å². The lowest BCUT2D eigenvalue weighted by Crippen LogP contribution is -2.13. The summed E-state index contributed by atoms with van der Waals surface area (Å²) in [5.41, 5.74) is 11.2. The first-order valence-corrected chi connectivity index (χ1v) is 12.1. The first-order chi connectivity index (χ1) is 17.3. The quantitative estimate of drug-likeness (QED) is 0.188. The molecule has 36 heavy (non-hydrogen) atoms. The predicted molar refractivity (Wildman–Crippen MR) is 146 cm³/mol. The minimum absolute atomic E-state index is 0.112. The molecule has 5 aromatic rings. The van der Waals surface area contributed by atoms with Crippen molar-refractivity contribution < 1.29 is 9.72 Å². The summed E-state index contributed by atoms with van der Waals surface area (Å²) in [5, 5.41) is 15.2. The van der Waals surface area contributed by atoms with Gasteiger partial charge in [-0.15, -0.1) is 11.3 Å². The number of nitrogens with zero attached hydrogens (tertiary/aromatic N) is 2. The lowest BCUT2D eigenvalue weighted by Gasteiger charge is -2.09. The number of fused-ring (bicyclic) bond motifs is 1. The maximum Gasteiger partial charge on any atom is 0.271 e. The lowest BCUT2D eigenvalue weighted by atomic mass is 9.99. The zero-order valence-electron chi connectivity index (χ0n) is 19.0. The molecule has 3 aromatic carbocycles. The van der Waals surface area contributed by atoms with Gasteiger partial charge in [-0.05, 0) is 41.8 Å². The molecule has 1 amide bonds. The number of halogens is 1. The predicted octanol–water partition coefficient (Wildman–Crippen LogP) is 7.33. The van der Waals surface area contributed by atoms with Crippen molar-refractivity contribution in [2.75, 3.05) is 11.1 Å². The fraction of sp³-hybridized carbons (Fsp3) is 0.0370. The number of amides is 1. The van der Waals surface area contributed by atoms with Crippen molar-refractivity contribution in [3.05, 3.63) is 104 Å². The van der Waals surface area contributed by atoms with E-state index < -0.39 is 10.8 Å². The Hall–Kier alpha value is -4.27. The largest absolute Gasteiger partial charge is 0.397 e. The van der Waals surface area contributed by atoms with Gasteiger partial charge in [0.25, 0.3) is 11.6 Å². The number of anilines is 2. The average molecular weight is 515 g/mol. The van der Waals surface area contributed by atoms with E-state index in [0.29, 0.717) is 32.2 Å². The van der Waals surface area contributed by atoms with Gasteiger partial charge in [0, 0.05) is 28.1 Å². The lowest BCUT2D eigenvalue weighted by molar-refractivity contribution is -0.384. The Morgan fingerprint density at radius 3 is 2.44 bits per heavy atom. The van der Waals surface area contributed by atoms with Crippen LogP contribution in [0, 0.1) is 17.0 Å². The highest BCUT2D eigenvalue weighted by Crippen LogP contribution is 2.42. The van der Waals surface area contributed by atoms with Crippen molar-refractivity contribution in [3.8, 4) is 22.4 Å². The van der Waals surface area contributed by atoms with E-state index >= 15 is 0 Å². The van der Waals surface area contributed by atoms with Crippen LogP contribution in [0.3, 0.4) is 0 Å². The van der Waals surface area contributed by atoms with E-state index in [1.165, 1.54) is 23.5 Å². The number of carbonyl (C=O) groups is 1. The fourth-order valence-electron chi connectivity index (χ4n) is 3.94. The van der Waals surface area contributed by atoms with Crippen LogP contribution in [0.25, 0.3) is 32.6 Å². The number of non-ortho nitro benzene ring substituents is 1. The Morgan fingerprint density at radius 1 is 1.03 bits per heavy atom. The average Bonchev–Trinajstić information content (AvgIpc) is 3.22. The maximum absolute atomic E-state index is 13.3. The molecule has 0 fully saturated rings. The third-order valence-corrected chi connectivity index (χ3v) is 7.16. The summed E-state index contributed by atoms with van der Waals surface area (Å²) in [7, 11) is 0. The number of hydrogen-bond acceptors (Lipinski definition) is 6. The van der Waals surface area contributed by atoms with Crippen molar-refractivity contribution >= 4 is 56.1 Å². The Labute approximate surface area is 215 Å². The second-order valence-electron chi connectivity index (χ2n) is 8.16. The van der Waals surface area contributed by atoms with Gasteiger partial charge >= 0.3 is 0 Å². The van der Waals surface area contributed by atoms with Crippen LogP contribution in [-0.2, 0) is 0 Å². The van der Waals surface area contributed by atoms with Gasteiger partial charge < -0.3 is 11.1 Å². The number of nitrogens with one attached hydrogen (secondary N) is 1. The molecule has 2 heterocycles. The van der Waals surface area contributed by atoms with E-state index in [9.17, 15) is 14.9 Å². The standard InChI is InChI=1S/C27H19ClN4O3S/c1-15-7-12-19(32(34)35)13-21(15)30-26(33)25-24(29)23-20(16-8-10-18(28)11-9-16)14-22(31-27(23)36-25)17-5-3-2-4-6-17/h2-14H,29H2,1H3,(H,30,33). The van der Waals surface area contributed by atoms with Gasteiger partial charge in [-0.3, -0.25) is 14.9 Å². The molecule has 0 atom stereocenters. The Balaban J connectivity index is 1.65. The van der Waals surface area contributed by atoms with Crippen molar-refractivity contribution in [1.82, 2.24) is 4.98 Å². The number of nitrogens with two attached hydrogens (primary N) is 1. The van der Waals surface area contributed by atoms with Gasteiger partial charge in [-0.25, -0.2) is 4.98 Å². The molecule has 7 nitrogen and oxygen atoms in total. The molecular formula is C27H19ClN4O3S. The summed E-state index contributed by atoms with van der Waals surface area (Å²) in [6.07, 6.45) is 0. The van der Waals surface area contributed by atoms with Crippen LogP contribution in [-0.4, -0.2) is 15.8 Å². The van der Waals surface area contributed by atoms with Gasteiger partial charge in [-0.2, -0.15) is 0 Å². The molecule has 0 aliphatic heterocycles. The van der Waals surface area contributed by atoms with Gasteiger partial charge in [0.2, 0.25) is 0 Å². The molecule has 0 bridgehead atoms. The highest BCUT2D eigenvalue weighted by molar-refractivity contribution is 7.21. The van der Waals surface area contributed by atoms with Crippen LogP contribution in [0.2, 0.25) is 5.02 Å². The van der Waals surface area contributed by atoms with Crippen molar-refractivity contribution in [2.24, 2.45) is 0 Å². The normalized spacial score (nSPS) is 10.9. The molecule has 0 saturated carbocycles. The molecule has 2 aromatic heterocycles. The van der Waals surface area contributed by atoms with Crippen LogP contribution in [0.15, 0.2) is 78.9 Å². The highest BCUT2D eigenvalue weighted by Gasteiger charge is 2.22. The monoisotopic (exact) mass is 514 g/mol. The molecular weight excluding hydrogens is 496 g/mol. The molecule has 0 radical (unpaired) electrons. The molecule has 0 unspecified atom stereocenters. The number of benzene rings is 3. The Morgan fingerprint density at radius 2 is 1.75 bits per heavy atom. The molecule has 3 N–H and O–H groups in total. The molecule has 178 valence electrons. The molecule has 0 spiro atoms. The van der Waals surface area contributed by atoms with Crippen LogP contribution >= 0.6 is 22.9 Å². The summed E-state index contributed by atoms with van der Waals surface area (Å²) >= 11 is 7.29. The van der Waals surface area contributed by atoms with Crippen molar-refractivity contribution in [3.63, 3.8) is 0 Å². The topological polar surface area (TPSA) is 111 Å². The molecule has 0 aliphatic rings. The van der Waals surface area contributed by atoms with Crippen molar-refractivity contribution in [2.45, 2.75) is 6.92 Å². The van der Waals surface area contributed by atoms with Crippen LogP contribution < -0.4 is 11.1 Å². The van der Waals surface area contributed by atoms with Gasteiger partial charge in [0.05, 0.1) is 22.0 Å². The number of nitrogen functional groups attached to an aromatic ring is 1. The summed E-state index contributed by atoms with van der Waals surface area (Å²) < 4.78 is 0. The number of nitro benzene ring substituents is 1. The van der Waals surface area contributed by atoms with Crippen LogP contribution in [0.5, 0.6) is 0 Å². The third kappa shape index (κ3) is 4.39. The van der Waals surface area contributed by atoms with Crippen molar-refractivity contribution in [1.29, 1.82) is 0 Å². The van der Waals surface area contributed by atoms with Gasteiger partial charge in [0.1, 0.15) is 9.71 Å². The van der Waals surface area contributed by atoms with E-state index in [2.05, 4.69) is 5.32 Å². The zero-order chi connectivity index (χ0) is 25.4. The number of carbonyl (C=O) groups excluding carboxylic acids is 1. The number of aryl methyl sites for hydroxylation is 1. The molecule has 5 rings (SSSR count). The SMILES string of the molecule is Cc1ccc([N+](=O)[O-])cc1NC(=O)c1sc2nc(-c3ccccc3)cc(-c3ccc(Cl)cc3)c2c1N. The van der Waals surface area contributed by atoms with Gasteiger partial charge in [-0.1, -0.05) is 60.1 Å². The zero-order valence-corrected chi connectivity index (χ0v) is 20.6. The second kappa shape index (κ2) is 9.41. The smallest absolute Gasteiger partial charge is 0.271 e. The number of thiophene rings is 1. The van der Waals surface area contributed by atoms with E-state index in [-0.39, 0.29) is 10.6 Å². The van der Waals surface area contributed by atoms with E-state index in [0.717, 1.165) is 22.4 Å². The Bertz CT molecular complexity index is 1630. The molecule has 0 aliphatic carbocycles. The third-order valence-electron chi connectivity index (χ3n) is 5.81. The summed E-state index contributed by atoms with van der Waals surface area (Å²) in [5.74, 6) is -0.456. The van der Waals surface area contributed by atoms with E-state index in [1.807, 2.05) is 48.5 Å². The van der Waals surface area contributed by atoms with Crippen LogP contribution in [0.1, 0.15) is 15.2 Å². The van der Waals surface area contributed by atoms with E-state index in [1.54, 1.807) is 25.1 Å². The summed E-state index contributed by atoms with van der Waals surface area (Å²) in [6, 6.07) is 23.4. The fourth-order valence-corrected chi connectivity index (χ4v) is 5.08. The summed E-state index contributed by atoms with van der Waals surface area (Å²) in [6.45, 7) is 1.76. The molecule has 0 saturated heterocycles. The highest BCUT2D eigenvalue weighted by atomic mass is 35.5. The van der Waals surface area contributed by atoms with Crippen LogP contribution in [0.4, 0.5) is 17.1 Å².